The molecule has 0 bridgehead atoms. The third-order valence-corrected chi connectivity index (χ3v) is 3.46. The van der Waals surface area contributed by atoms with E-state index in [9.17, 15) is 19.2 Å². The molecule has 0 spiro atoms. The molecule has 0 saturated carbocycles. The Hall–Kier alpha value is -2.40. The molecule has 0 unspecified atom stereocenters. The van der Waals surface area contributed by atoms with Crippen molar-refractivity contribution in [2.75, 3.05) is 32.8 Å². The Kier molecular flexibility index (Phi) is 14.4. The highest BCUT2D eigenvalue weighted by atomic mass is 16.5. The van der Waals surface area contributed by atoms with E-state index < -0.39 is 24.0 Å². The number of carboxylic acids is 2. The largest absolute Gasteiger partial charge is 0.481 e. The van der Waals surface area contributed by atoms with Crippen molar-refractivity contribution < 1.29 is 39.9 Å². The van der Waals surface area contributed by atoms with Crippen LogP contribution in [0.4, 0.5) is 4.79 Å². The van der Waals surface area contributed by atoms with E-state index in [0.717, 1.165) is 0 Å². The number of amides is 3. The van der Waals surface area contributed by atoms with Gasteiger partial charge in [0.2, 0.25) is 5.91 Å². The molecular weight excluding hydrogens is 360 g/mol. The summed E-state index contributed by atoms with van der Waals surface area (Å²) >= 11 is 0. The van der Waals surface area contributed by atoms with Crippen LogP contribution in [0.25, 0.3) is 0 Å². The van der Waals surface area contributed by atoms with Gasteiger partial charge in [0.15, 0.2) is 0 Å². The Morgan fingerprint density at radius 3 is 2.26 bits per heavy atom. The summed E-state index contributed by atoms with van der Waals surface area (Å²) in [6.07, 6.45) is 1.77. The van der Waals surface area contributed by atoms with Gasteiger partial charge in [-0.2, -0.15) is 0 Å². The lowest BCUT2D eigenvalue weighted by Gasteiger charge is -2.15. The lowest BCUT2D eigenvalue weighted by molar-refractivity contribution is -0.374. The SMILES string of the molecule is [NH3+]CCOCCC(=O)NCCCC[C@H](NC(=O)NCCCC(=O)O)C(=O)O. The number of ether oxygens (including phenoxy) is 1. The molecule has 0 fully saturated rings. The summed E-state index contributed by atoms with van der Waals surface area (Å²) in [5.41, 5.74) is 3.62. The van der Waals surface area contributed by atoms with Gasteiger partial charge in [0.05, 0.1) is 19.8 Å². The first kappa shape index (κ1) is 24.6. The lowest BCUT2D eigenvalue weighted by Crippen LogP contribution is -2.52. The molecule has 8 N–H and O–H groups in total. The molecule has 0 rings (SSSR count). The Balaban J connectivity index is 3.86. The predicted molar refractivity (Wildman–Crippen MR) is 94.9 cm³/mol. The number of hydrogen-bond acceptors (Lipinski definition) is 5. The van der Waals surface area contributed by atoms with Crippen LogP contribution in [0.1, 0.15) is 38.5 Å². The van der Waals surface area contributed by atoms with E-state index in [4.69, 9.17) is 14.9 Å². The zero-order valence-electron chi connectivity index (χ0n) is 15.5. The van der Waals surface area contributed by atoms with Gasteiger partial charge in [-0.3, -0.25) is 9.59 Å². The van der Waals surface area contributed by atoms with Gasteiger partial charge in [-0.15, -0.1) is 0 Å². The second kappa shape index (κ2) is 15.8. The van der Waals surface area contributed by atoms with Crippen molar-refractivity contribution in [3.8, 4) is 0 Å². The van der Waals surface area contributed by atoms with Crippen LogP contribution in [-0.2, 0) is 19.1 Å². The maximum absolute atomic E-state index is 11.6. The van der Waals surface area contributed by atoms with Crippen LogP contribution < -0.4 is 21.7 Å². The van der Waals surface area contributed by atoms with Crippen molar-refractivity contribution in [3.05, 3.63) is 0 Å². The number of urea groups is 1. The third-order valence-electron chi connectivity index (χ3n) is 3.46. The number of nitrogens with one attached hydrogen (secondary N) is 3. The van der Waals surface area contributed by atoms with E-state index in [1.165, 1.54) is 0 Å². The molecule has 1 atom stereocenters. The van der Waals surface area contributed by atoms with Crippen molar-refractivity contribution in [1.82, 2.24) is 16.0 Å². The number of unbranched alkanes of at least 4 members (excludes halogenated alkanes) is 1. The van der Waals surface area contributed by atoms with Crippen LogP contribution in [-0.4, -0.2) is 73.0 Å². The number of carboxylic acid groups (broad SMARTS) is 2. The highest BCUT2D eigenvalue weighted by molar-refractivity contribution is 5.82. The van der Waals surface area contributed by atoms with Crippen LogP contribution in [0, 0.1) is 0 Å². The van der Waals surface area contributed by atoms with Crippen LogP contribution in [0.15, 0.2) is 0 Å². The minimum Gasteiger partial charge on any atom is -0.481 e. The number of rotatable bonds is 16. The van der Waals surface area contributed by atoms with Crippen molar-refractivity contribution in [2.24, 2.45) is 0 Å². The highest BCUT2D eigenvalue weighted by Gasteiger charge is 2.19. The minimum atomic E-state index is -1.15. The number of quaternary nitrogens is 1. The number of carbonyl (C=O) groups excluding carboxylic acids is 2. The van der Waals surface area contributed by atoms with E-state index in [0.29, 0.717) is 39.1 Å². The van der Waals surface area contributed by atoms with Crippen molar-refractivity contribution in [1.29, 1.82) is 0 Å². The van der Waals surface area contributed by atoms with Crippen molar-refractivity contribution in [2.45, 2.75) is 44.6 Å². The van der Waals surface area contributed by atoms with E-state index in [-0.39, 0.29) is 38.1 Å². The average molecular weight is 391 g/mol. The summed E-state index contributed by atoms with van der Waals surface area (Å²) < 4.78 is 5.16. The topological polar surface area (TPSA) is 182 Å². The molecule has 0 aromatic heterocycles. The Morgan fingerprint density at radius 2 is 1.63 bits per heavy atom. The fourth-order valence-corrected chi connectivity index (χ4v) is 2.07. The van der Waals surface area contributed by atoms with Gasteiger partial charge in [0.25, 0.3) is 0 Å². The molecule has 0 aliphatic heterocycles. The summed E-state index contributed by atoms with van der Waals surface area (Å²) in [5, 5.41) is 25.1. The molecule has 0 aliphatic rings. The molecule has 0 aliphatic carbocycles. The summed E-state index contributed by atoms with van der Waals surface area (Å²) in [4.78, 5) is 44.7. The van der Waals surface area contributed by atoms with E-state index in [1.54, 1.807) is 0 Å². The average Bonchev–Trinajstić information content (AvgIpc) is 2.60. The standard InChI is InChI=1S/C16H30N4O7/c17-7-11-27-10-6-13(21)18-8-2-1-4-12(15(24)25)20-16(26)19-9-3-5-14(22)23/h12H,1-11,17H2,(H,18,21)(H,22,23)(H,24,25)(H2,19,20,26)/p+1/t12-/m0/s1. The monoisotopic (exact) mass is 391 g/mol. The first-order chi connectivity index (χ1) is 12.9. The zero-order valence-corrected chi connectivity index (χ0v) is 15.5. The second-order valence-electron chi connectivity index (χ2n) is 5.85. The second-order valence-corrected chi connectivity index (χ2v) is 5.85. The van der Waals surface area contributed by atoms with Gasteiger partial charge >= 0.3 is 18.0 Å². The first-order valence-corrected chi connectivity index (χ1v) is 8.99. The highest BCUT2D eigenvalue weighted by Crippen LogP contribution is 2.01. The molecule has 0 aromatic carbocycles. The minimum absolute atomic E-state index is 0.0731. The summed E-state index contributed by atoms with van der Waals surface area (Å²) in [7, 11) is 0. The lowest BCUT2D eigenvalue weighted by atomic mass is 10.1. The maximum Gasteiger partial charge on any atom is 0.326 e. The fraction of sp³-hybridized carbons (Fsp3) is 0.750. The van der Waals surface area contributed by atoms with Crippen LogP contribution in [0.5, 0.6) is 0 Å². The number of aliphatic carboxylic acids is 2. The fourth-order valence-electron chi connectivity index (χ4n) is 2.07. The van der Waals surface area contributed by atoms with E-state index in [1.807, 2.05) is 0 Å². The smallest absolute Gasteiger partial charge is 0.326 e. The van der Waals surface area contributed by atoms with Crippen LogP contribution in [0.3, 0.4) is 0 Å². The molecule has 0 aromatic rings. The molecule has 3 amide bonds. The van der Waals surface area contributed by atoms with E-state index >= 15 is 0 Å². The number of hydrogen-bond donors (Lipinski definition) is 6. The van der Waals surface area contributed by atoms with Crippen molar-refractivity contribution >= 4 is 23.9 Å². The van der Waals surface area contributed by atoms with Gasteiger partial charge in [-0.05, 0) is 25.7 Å². The Labute approximate surface area is 158 Å². The van der Waals surface area contributed by atoms with Crippen LogP contribution in [0.2, 0.25) is 0 Å². The normalized spacial score (nSPS) is 11.4. The molecule has 0 saturated heterocycles. The molecule has 11 nitrogen and oxygen atoms in total. The molecule has 0 radical (unpaired) electrons. The van der Waals surface area contributed by atoms with Gasteiger partial charge in [-0.1, -0.05) is 0 Å². The van der Waals surface area contributed by atoms with Gasteiger partial charge in [0, 0.05) is 25.9 Å². The summed E-state index contributed by atoms with van der Waals surface area (Å²) in [6.45, 7) is 2.08. The maximum atomic E-state index is 11.6. The predicted octanol–water partition coefficient (Wildman–Crippen LogP) is -1.46. The molecule has 11 heteroatoms. The van der Waals surface area contributed by atoms with Gasteiger partial charge in [0.1, 0.15) is 6.04 Å². The Morgan fingerprint density at radius 1 is 0.926 bits per heavy atom. The van der Waals surface area contributed by atoms with Crippen molar-refractivity contribution in [3.63, 3.8) is 0 Å². The summed E-state index contributed by atoms with van der Waals surface area (Å²) in [5.74, 6) is -2.24. The molecule has 0 heterocycles. The third kappa shape index (κ3) is 15.6. The van der Waals surface area contributed by atoms with E-state index in [2.05, 4.69) is 21.7 Å². The quantitative estimate of drug-likeness (QED) is 0.174. The van der Waals surface area contributed by atoms with Gasteiger partial charge in [-0.25, -0.2) is 9.59 Å². The molecular formula is C16H31N4O7+. The molecule has 156 valence electrons. The van der Waals surface area contributed by atoms with Crippen LogP contribution >= 0.6 is 0 Å². The van der Waals surface area contributed by atoms with Gasteiger partial charge < -0.3 is 36.6 Å². The summed E-state index contributed by atoms with van der Waals surface area (Å²) in [6, 6.07) is -1.69. The molecule has 27 heavy (non-hydrogen) atoms. The first-order valence-electron chi connectivity index (χ1n) is 8.99. The Bertz CT molecular complexity index is 474. The number of carbonyl (C=O) groups is 4. The zero-order chi connectivity index (χ0) is 20.5.